The number of alkyl halides is 1. The number of anilines is 1. The van der Waals surface area contributed by atoms with Crippen LogP contribution in [-0.2, 0) is 0 Å². The number of hydrogen-bond donors (Lipinski definition) is 0. The van der Waals surface area contributed by atoms with Crippen LogP contribution in [0.5, 0.6) is 0 Å². The van der Waals surface area contributed by atoms with Crippen LogP contribution in [0.25, 0.3) is 5.65 Å². The van der Waals surface area contributed by atoms with E-state index in [4.69, 9.17) is 0 Å². The molecule has 2 rings (SSSR count). The van der Waals surface area contributed by atoms with E-state index in [1.807, 2.05) is 17.5 Å². The molecular formula is C11H16BrN5. The molecule has 0 bridgehead atoms. The molecule has 5 nitrogen and oxygen atoms in total. The zero-order valence-electron chi connectivity index (χ0n) is 10.3. The lowest BCUT2D eigenvalue weighted by molar-refractivity contribution is 0.697. The monoisotopic (exact) mass is 297 g/mol. The van der Waals surface area contributed by atoms with Crippen LogP contribution >= 0.6 is 15.9 Å². The first kappa shape index (κ1) is 12.3. The number of halogens is 1. The summed E-state index contributed by atoms with van der Waals surface area (Å²) in [5.74, 6) is 1.77. The highest BCUT2D eigenvalue weighted by atomic mass is 79.9. The van der Waals surface area contributed by atoms with Gasteiger partial charge in [-0.05, 0) is 20.8 Å². The second-order valence-corrected chi connectivity index (χ2v) is 4.96. The Morgan fingerprint density at radius 1 is 1.41 bits per heavy atom. The van der Waals surface area contributed by atoms with Gasteiger partial charge in [0.15, 0.2) is 5.82 Å². The molecule has 17 heavy (non-hydrogen) atoms. The van der Waals surface area contributed by atoms with E-state index in [-0.39, 0.29) is 0 Å². The molecule has 0 radical (unpaired) electrons. The summed E-state index contributed by atoms with van der Waals surface area (Å²) in [7, 11) is 0. The summed E-state index contributed by atoms with van der Waals surface area (Å²) in [5, 5.41) is 9.19. The van der Waals surface area contributed by atoms with Crippen molar-refractivity contribution in [3.8, 4) is 0 Å². The average Bonchev–Trinajstić information content (AvgIpc) is 2.68. The predicted octanol–water partition coefficient (Wildman–Crippen LogP) is 2.04. The first-order valence-corrected chi connectivity index (χ1v) is 6.76. The van der Waals surface area contributed by atoms with Crippen molar-refractivity contribution in [2.75, 3.05) is 16.8 Å². The van der Waals surface area contributed by atoms with Gasteiger partial charge < -0.3 is 4.90 Å². The molecule has 2 aromatic rings. The van der Waals surface area contributed by atoms with Gasteiger partial charge in [0, 0.05) is 30.3 Å². The van der Waals surface area contributed by atoms with Crippen molar-refractivity contribution in [2.24, 2.45) is 0 Å². The van der Waals surface area contributed by atoms with E-state index < -0.39 is 0 Å². The minimum absolute atomic E-state index is 0.378. The predicted molar refractivity (Wildman–Crippen MR) is 71.8 cm³/mol. The number of hydrogen-bond acceptors (Lipinski definition) is 4. The molecule has 0 unspecified atom stereocenters. The summed E-state index contributed by atoms with van der Waals surface area (Å²) in [6, 6.07) is 0.378. The molecule has 0 fully saturated rings. The standard InChI is InChI=1S/C11H16BrN5/c1-8(2)16(6-4-12)10-11-15-14-9(3)17(11)7-5-13-10/h5,7-8H,4,6H2,1-3H3. The number of nitrogens with zero attached hydrogens (tertiary/aromatic N) is 5. The highest BCUT2D eigenvalue weighted by Gasteiger charge is 2.16. The van der Waals surface area contributed by atoms with Crippen LogP contribution in [0.1, 0.15) is 19.7 Å². The molecule has 0 aliphatic carbocycles. The Bertz CT molecular complexity index is 508. The van der Waals surface area contributed by atoms with Gasteiger partial charge >= 0.3 is 0 Å². The molecule has 92 valence electrons. The van der Waals surface area contributed by atoms with Gasteiger partial charge in [-0.15, -0.1) is 10.2 Å². The van der Waals surface area contributed by atoms with E-state index >= 15 is 0 Å². The van der Waals surface area contributed by atoms with Crippen molar-refractivity contribution in [3.05, 3.63) is 18.2 Å². The highest BCUT2D eigenvalue weighted by Crippen LogP contribution is 2.19. The molecule has 0 atom stereocenters. The zero-order valence-corrected chi connectivity index (χ0v) is 11.8. The molecule has 0 spiro atoms. The maximum atomic E-state index is 4.44. The van der Waals surface area contributed by atoms with E-state index in [0.29, 0.717) is 6.04 Å². The van der Waals surface area contributed by atoms with Gasteiger partial charge in [0.2, 0.25) is 5.65 Å². The Morgan fingerprint density at radius 2 is 2.18 bits per heavy atom. The fourth-order valence-electron chi connectivity index (χ4n) is 1.83. The Hall–Kier alpha value is -1.17. The second kappa shape index (κ2) is 5.00. The Balaban J connectivity index is 2.52. The lowest BCUT2D eigenvalue weighted by atomic mass is 10.3. The van der Waals surface area contributed by atoms with Gasteiger partial charge in [-0.3, -0.25) is 4.40 Å². The van der Waals surface area contributed by atoms with Gasteiger partial charge in [0.25, 0.3) is 0 Å². The van der Waals surface area contributed by atoms with Crippen LogP contribution in [0.3, 0.4) is 0 Å². The van der Waals surface area contributed by atoms with Crippen LogP contribution in [0.4, 0.5) is 5.82 Å². The van der Waals surface area contributed by atoms with E-state index in [1.165, 1.54) is 0 Å². The maximum Gasteiger partial charge on any atom is 0.203 e. The van der Waals surface area contributed by atoms with Crippen LogP contribution in [0, 0.1) is 6.92 Å². The summed E-state index contributed by atoms with van der Waals surface area (Å²) >= 11 is 3.47. The number of fused-ring (bicyclic) bond motifs is 1. The van der Waals surface area contributed by atoms with Crippen LogP contribution in [-0.4, -0.2) is 37.5 Å². The lowest BCUT2D eigenvalue weighted by Crippen LogP contribution is -2.33. The number of aryl methyl sites for hydroxylation is 1. The van der Waals surface area contributed by atoms with Crippen molar-refractivity contribution in [1.29, 1.82) is 0 Å². The minimum atomic E-state index is 0.378. The lowest BCUT2D eigenvalue weighted by Gasteiger charge is -2.26. The van der Waals surface area contributed by atoms with Gasteiger partial charge in [-0.1, -0.05) is 15.9 Å². The van der Waals surface area contributed by atoms with Crippen molar-refractivity contribution < 1.29 is 0 Å². The van der Waals surface area contributed by atoms with E-state index in [0.717, 1.165) is 29.2 Å². The van der Waals surface area contributed by atoms with Gasteiger partial charge in [-0.2, -0.15) is 0 Å². The third-order valence-corrected chi connectivity index (χ3v) is 3.05. The molecule has 0 saturated carbocycles. The van der Waals surface area contributed by atoms with Crippen molar-refractivity contribution in [3.63, 3.8) is 0 Å². The van der Waals surface area contributed by atoms with Crippen molar-refractivity contribution in [2.45, 2.75) is 26.8 Å². The summed E-state index contributed by atoms with van der Waals surface area (Å²) in [6.45, 7) is 7.14. The molecule has 2 heterocycles. The van der Waals surface area contributed by atoms with E-state index in [9.17, 15) is 0 Å². The van der Waals surface area contributed by atoms with Crippen molar-refractivity contribution in [1.82, 2.24) is 19.6 Å². The second-order valence-electron chi connectivity index (χ2n) is 4.17. The summed E-state index contributed by atoms with van der Waals surface area (Å²) in [4.78, 5) is 6.66. The number of rotatable bonds is 4. The normalized spacial score (nSPS) is 11.4. The Morgan fingerprint density at radius 3 is 2.82 bits per heavy atom. The SMILES string of the molecule is Cc1nnc2c(N(CCBr)C(C)C)nccn12. The van der Waals surface area contributed by atoms with E-state index in [2.05, 4.69) is 49.9 Å². The van der Waals surface area contributed by atoms with Gasteiger partial charge in [-0.25, -0.2) is 4.98 Å². The first-order valence-electron chi connectivity index (χ1n) is 5.64. The van der Waals surface area contributed by atoms with Gasteiger partial charge in [0.1, 0.15) is 5.82 Å². The molecule has 2 aromatic heterocycles. The van der Waals surface area contributed by atoms with Crippen LogP contribution in [0.2, 0.25) is 0 Å². The van der Waals surface area contributed by atoms with E-state index in [1.54, 1.807) is 6.20 Å². The van der Waals surface area contributed by atoms with Crippen LogP contribution < -0.4 is 4.90 Å². The molecule has 0 aromatic carbocycles. The molecular weight excluding hydrogens is 282 g/mol. The molecule has 0 aliphatic rings. The molecule has 0 amide bonds. The quantitative estimate of drug-likeness (QED) is 0.810. The smallest absolute Gasteiger partial charge is 0.203 e. The molecule has 6 heteroatoms. The fraction of sp³-hybridized carbons (Fsp3) is 0.545. The largest absolute Gasteiger partial charge is 0.350 e. The maximum absolute atomic E-state index is 4.44. The average molecular weight is 298 g/mol. The zero-order chi connectivity index (χ0) is 12.4. The highest BCUT2D eigenvalue weighted by molar-refractivity contribution is 9.09. The first-order chi connectivity index (χ1) is 8.15. The topological polar surface area (TPSA) is 46.3 Å². The fourth-order valence-corrected chi connectivity index (χ4v) is 2.21. The molecule has 0 aliphatic heterocycles. The third kappa shape index (κ3) is 2.26. The Kier molecular flexibility index (Phi) is 3.61. The van der Waals surface area contributed by atoms with Crippen molar-refractivity contribution >= 4 is 27.4 Å². The summed E-state index contributed by atoms with van der Waals surface area (Å²) < 4.78 is 1.96. The minimum Gasteiger partial charge on any atom is -0.350 e. The Labute approximate surface area is 109 Å². The third-order valence-electron chi connectivity index (χ3n) is 2.70. The van der Waals surface area contributed by atoms with Gasteiger partial charge in [0.05, 0.1) is 0 Å². The summed E-state index contributed by atoms with van der Waals surface area (Å²) in [5.41, 5.74) is 0.819. The summed E-state index contributed by atoms with van der Waals surface area (Å²) in [6.07, 6.45) is 3.68. The molecule has 0 saturated heterocycles. The molecule has 0 N–H and O–H groups in total. The number of aromatic nitrogens is 4. The van der Waals surface area contributed by atoms with Crippen LogP contribution in [0.15, 0.2) is 12.4 Å².